The van der Waals surface area contributed by atoms with Gasteiger partial charge in [0.15, 0.2) is 0 Å². The fourth-order valence-electron chi connectivity index (χ4n) is 1.62. The van der Waals surface area contributed by atoms with Gasteiger partial charge >= 0.3 is 0 Å². The van der Waals surface area contributed by atoms with Crippen LogP contribution in [-0.4, -0.2) is 29.3 Å². The fourth-order valence-corrected chi connectivity index (χ4v) is 1.62. The van der Waals surface area contributed by atoms with Crippen LogP contribution in [0.4, 0.5) is 6.01 Å². The molecule has 0 unspecified atom stereocenters. The van der Waals surface area contributed by atoms with Gasteiger partial charge in [0.2, 0.25) is 0 Å². The van der Waals surface area contributed by atoms with Crippen LogP contribution in [-0.2, 0) is 0 Å². The summed E-state index contributed by atoms with van der Waals surface area (Å²) in [6, 6.07) is 0.635. The van der Waals surface area contributed by atoms with Crippen molar-refractivity contribution in [1.29, 1.82) is 0 Å². The van der Waals surface area contributed by atoms with Gasteiger partial charge in [-0.1, -0.05) is 0 Å². The molecule has 13 heavy (non-hydrogen) atoms. The number of aliphatic hydroxyl groups is 1. The largest absolute Gasteiger partial charge is 0.432 e. The Morgan fingerprint density at radius 1 is 1.69 bits per heavy atom. The molecule has 1 saturated heterocycles. The van der Waals surface area contributed by atoms with E-state index in [-0.39, 0.29) is 6.10 Å². The van der Waals surface area contributed by atoms with Gasteiger partial charge in [0, 0.05) is 13.1 Å². The summed E-state index contributed by atoms with van der Waals surface area (Å²) >= 11 is 0. The van der Waals surface area contributed by atoms with E-state index in [4.69, 9.17) is 4.42 Å². The molecule has 72 valence electrons. The summed E-state index contributed by atoms with van der Waals surface area (Å²) in [4.78, 5) is 6.20. The van der Waals surface area contributed by atoms with E-state index in [1.165, 1.54) is 0 Å². The molecule has 0 saturated carbocycles. The molecular formula is C9H14N2O2. The van der Waals surface area contributed by atoms with Gasteiger partial charge in [0.1, 0.15) is 6.26 Å². The highest BCUT2D eigenvalue weighted by atomic mass is 16.4. The lowest BCUT2D eigenvalue weighted by molar-refractivity contribution is 0.152. The minimum atomic E-state index is -0.235. The number of anilines is 1. The van der Waals surface area contributed by atoms with E-state index in [9.17, 15) is 5.11 Å². The number of aromatic nitrogens is 1. The monoisotopic (exact) mass is 182 g/mol. The maximum absolute atomic E-state index is 9.44. The Kier molecular flexibility index (Phi) is 2.22. The molecule has 1 aliphatic heterocycles. The third kappa shape index (κ3) is 1.83. The van der Waals surface area contributed by atoms with Crippen LogP contribution < -0.4 is 4.90 Å². The third-order valence-electron chi connectivity index (χ3n) is 2.27. The number of piperidine rings is 1. The second-order valence-corrected chi connectivity index (χ2v) is 3.51. The van der Waals surface area contributed by atoms with Crippen molar-refractivity contribution in [3.63, 3.8) is 0 Å². The van der Waals surface area contributed by atoms with Crippen LogP contribution in [0.1, 0.15) is 18.5 Å². The van der Waals surface area contributed by atoms with Crippen molar-refractivity contribution < 1.29 is 9.52 Å². The van der Waals surface area contributed by atoms with Crippen LogP contribution in [0, 0.1) is 6.92 Å². The summed E-state index contributed by atoms with van der Waals surface area (Å²) in [6.07, 6.45) is 3.29. The van der Waals surface area contributed by atoms with Crippen LogP contribution in [0.2, 0.25) is 0 Å². The van der Waals surface area contributed by atoms with Crippen LogP contribution >= 0.6 is 0 Å². The Morgan fingerprint density at radius 3 is 3.15 bits per heavy atom. The third-order valence-corrected chi connectivity index (χ3v) is 2.27. The second kappa shape index (κ2) is 3.38. The highest BCUT2D eigenvalue weighted by molar-refractivity contribution is 5.27. The van der Waals surface area contributed by atoms with E-state index in [1.807, 2.05) is 11.8 Å². The molecule has 2 rings (SSSR count). The summed E-state index contributed by atoms with van der Waals surface area (Å²) in [7, 11) is 0. The predicted molar refractivity (Wildman–Crippen MR) is 48.7 cm³/mol. The van der Waals surface area contributed by atoms with Crippen molar-refractivity contribution in [3.05, 3.63) is 12.0 Å². The zero-order chi connectivity index (χ0) is 9.26. The van der Waals surface area contributed by atoms with Gasteiger partial charge in [-0.2, -0.15) is 4.98 Å². The molecular weight excluding hydrogens is 168 g/mol. The zero-order valence-corrected chi connectivity index (χ0v) is 7.73. The molecule has 0 spiro atoms. The minimum Gasteiger partial charge on any atom is -0.432 e. The van der Waals surface area contributed by atoms with Gasteiger partial charge < -0.3 is 14.4 Å². The zero-order valence-electron chi connectivity index (χ0n) is 7.73. The maximum Gasteiger partial charge on any atom is 0.297 e. The van der Waals surface area contributed by atoms with Gasteiger partial charge in [0.25, 0.3) is 6.01 Å². The Balaban J connectivity index is 2.08. The van der Waals surface area contributed by atoms with Crippen molar-refractivity contribution in [1.82, 2.24) is 4.98 Å². The number of hydrogen-bond donors (Lipinski definition) is 1. The lowest BCUT2D eigenvalue weighted by Crippen LogP contribution is -2.38. The van der Waals surface area contributed by atoms with E-state index in [0.29, 0.717) is 12.6 Å². The lowest BCUT2D eigenvalue weighted by Gasteiger charge is -2.28. The quantitative estimate of drug-likeness (QED) is 0.702. The van der Waals surface area contributed by atoms with E-state index in [1.54, 1.807) is 6.26 Å². The second-order valence-electron chi connectivity index (χ2n) is 3.51. The molecule has 0 aromatic carbocycles. The van der Waals surface area contributed by atoms with Crippen LogP contribution in [0.15, 0.2) is 10.7 Å². The normalized spacial score (nSPS) is 23.5. The summed E-state index contributed by atoms with van der Waals surface area (Å²) in [6.45, 7) is 3.46. The standard InChI is InChI=1S/C9H14N2O2/c1-7-6-13-9(10-7)11-4-2-3-8(12)5-11/h6,8,12H,2-5H2,1H3/t8-/m0/s1. The molecule has 2 heterocycles. The topological polar surface area (TPSA) is 49.5 Å². The number of aliphatic hydroxyl groups excluding tert-OH is 1. The first kappa shape index (κ1) is 8.56. The molecule has 1 aromatic rings. The number of β-amino-alcohol motifs (C(OH)–C–C–N with tert-alkyl or cyclic N) is 1. The lowest BCUT2D eigenvalue weighted by atomic mass is 10.1. The van der Waals surface area contributed by atoms with Gasteiger partial charge in [-0.25, -0.2) is 0 Å². The summed E-state index contributed by atoms with van der Waals surface area (Å²) < 4.78 is 5.26. The first-order valence-corrected chi connectivity index (χ1v) is 4.61. The molecule has 1 N–H and O–H groups in total. The van der Waals surface area contributed by atoms with Gasteiger partial charge in [0.05, 0.1) is 11.8 Å². The Hall–Kier alpha value is -1.03. The number of rotatable bonds is 1. The number of hydrogen-bond acceptors (Lipinski definition) is 4. The van der Waals surface area contributed by atoms with E-state index in [0.717, 1.165) is 25.1 Å². The maximum atomic E-state index is 9.44. The summed E-state index contributed by atoms with van der Waals surface area (Å²) in [5.41, 5.74) is 0.884. The Bertz CT molecular complexity index is 285. The van der Waals surface area contributed by atoms with E-state index >= 15 is 0 Å². The molecule has 4 heteroatoms. The highest BCUT2D eigenvalue weighted by Crippen LogP contribution is 2.18. The first-order chi connectivity index (χ1) is 6.25. The summed E-state index contributed by atoms with van der Waals surface area (Å²) in [5.74, 6) is 0. The highest BCUT2D eigenvalue weighted by Gasteiger charge is 2.20. The molecule has 1 atom stereocenters. The van der Waals surface area contributed by atoms with Crippen molar-refractivity contribution in [2.75, 3.05) is 18.0 Å². The van der Waals surface area contributed by atoms with Crippen molar-refractivity contribution in [2.45, 2.75) is 25.9 Å². The van der Waals surface area contributed by atoms with Crippen LogP contribution in [0.25, 0.3) is 0 Å². The van der Waals surface area contributed by atoms with Crippen molar-refractivity contribution >= 4 is 6.01 Å². The fraction of sp³-hybridized carbons (Fsp3) is 0.667. The Morgan fingerprint density at radius 2 is 2.54 bits per heavy atom. The Labute approximate surface area is 77.2 Å². The smallest absolute Gasteiger partial charge is 0.297 e. The molecule has 0 bridgehead atoms. The molecule has 1 aromatic heterocycles. The number of oxazole rings is 1. The van der Waals surface area contributed by atoms with E-state index in [2.05, 4.69) is 4.98 Å². The van der Waals surface area contributed by atoms with Crippen molar-refractivity contribution in [3.8, 4) is 0 Å². The molecule has 4 nitrogen and oxygen atoms in total. The number of nitrogens with zero attached hydrogens (tertiary/aromatic N) is 2. The first-order valence-electron chi connectivity index (χ1n) is 4.61. The summed E-state index contributed by atoms with van der Waals surface area (Å²) in [5, 5.41) is 9.44. The SMILES string of the molecule is Cc1coc(N2CCC[C@H](O)C2)n1. The molecule has 1 fully saturated rings. The van der Waals surface area contributed by atoms with Crippen molar-refractivity contribution in [2.24, 2.45) is 0 Å². The molecule has 0 aliphatic carbocycles. The molecule has 0 radical (unpaired) electrons. The molecule has 1 aliphatic rings. The van der Waals surface area contributed by atoms with Gasteiger partial charge in [-0.05, 0) is 19.8 Å². The average Bonchev–Trinajstić information content (AvgIpc) is 2.52. The number of aryl methyl sites for hydroxylation is 1. The van der Waals surface area contributed by atoms with Gasteiger partial charge in [-0.15, -0.1) is 0 Å². The molecule has 0 amide bonds. The van der Waals surface area contributed by atoms with Gasteiger partial charge in [-0.3, -0.25) is 0 Å². The van der Waals surface area contributed by atoms with E-state index < -0.39 is 0 Å². The minimum absolute atomic E-state index is 0.235. The predicted octanol–water partition coefficient (Wildman–Crippen LogP) is 0.944. The van der Waals surface area contributed by atoms with Crippen LogP contribution in [0.5, 0.6) is 0 Å². The van der Waals surface area contributed by atoms with Crippen LogP contribution in [0.3, 0.4) is 0 Å². The average molecular weight is 182 g/mol.